The molecule has 2 fully saturated rings. The van der Waals surface area contributed by atoms with Crippen molar-refractivity contribution in [3.63, 3.8) is 0 Å². The van der Waals surface area contributed by atoms with Crippen LogP contribution in [0.1, 0.15) is 121 Å². The minimum atomic E-state index is -0.357. The van der Waals surface area contributed by atoms with E-state index >= 15 is 0 Å². The maximum absolute atomic E-state index is 13.1. The lowest BCUT2D eigenvalue weighted by Crippen LogP contribution is -2.53. The maximum atomic E-state index is 13.1. The smallest absolute Gasteiger partial charge is 0.321 e. The molecule has 2 aliphatic rings. The number of nitrogens with zero attached hydrogens (tertiary/aromatic N) is 6. The highest BCUT2D eigenvalue weighted by molar-refractivity contribution is 7.18. The third kappa shape index (κ3) is 18.3. The molecule has 2 aromatic carbocycles. The highest BCUT2D eigenvalue weighted by Crippen LogP contribution is 2.31. The summed E-state index contributed by atoms with van der Waals surface area (Å²) >= 11 is 2.34. The molecule has 2 aromatic heterocycles. The lowest BCUT2D eigenvalue weighted by Gasteiger charge is -2.41. The van der Waals surface area contributed by atoms with Crippen molar-refractivity contribution >= 4 is 68.4 Å². The Labute approximate surface area is 443 Å². The van der Waals surface area contributed by atoms with Crippen molar-refractivity contribution < 1.29 is 37.5 Å². The Kier molecular flexibility index (Phi) is 22.6. The molecule has 20 heteroatoms. The van der Waals surface area contributed by atoms with Gasteiger partial charge in [-0.25, -0.2) is 28.3 Å². The van der Waals surface area contributed by atoms with E-state index in [9.17, 15) is 37.5 Å². The summed E-state index contributed by atoms with van der Waals surface area (Å²) < 4.78 is 26.3. The number of aryl methyl sites for hydroxylation is 4. The van der Waals surface area contributed by atoms with E-state index in [0.29, 0.717) is 44.2 Å². The van der Waals surface area contributed by atoms with E-state index in [1.807, 2.05) is 38.4 Å². The van der Waals surface area contributed by atoms with Crippen LogP contribution < -0.4 is 21.3 Å². The average Bonchev–Trinajstić information content (AvgIpc) is 3.91. The standard InChI is InChI=1S/2C27H38FN5O3S/c2*1-17-25(18(2)34)37-27(29-17)31-26(36)30-24-15-23(33(5)19(3)35)13-10-21(24)16-32(4)14-6-7-20-8-11-22(28)12-9-20/h2*8-9,11-12,21,23-24H,6-7,10,13-16H2,1-5H3,(H2,29,30,31,36)/t21-,23+,24+;21-,23-,24+/m00/s1. The number of thiazole rings is 2. The van der Waals surface area contributed by atoms with E-state index in [0.717, 1.165) is 88.7 Å². The van der Waals surface area contributed by atoms with Gasteiger partial charge in [-0.2, -0.15) is 0 Å². The van der Waals surface area contributed by atoms with Gasteiger partial charge in [-0.15, -0.1) is 0 Å². The number of nitrogens with one attached hydrogen (secondary N) is 4. The Balaban J connectivity index is 0.000000274. The second kappa shape index (κ2) is 28.3. The Bertz CT molecular complexity index is 2350. The molecule has 404 valence electrons. The van der Waals surface area contributed by atoms with Crippen molar-refractivity contribution in [2.24, 2.45) is 11.8 Å². The molecule has 74 heavy (non-hydrogen) atoms. The van der Waals surface area contributed by atoms with Crippen molar-refractivity contribution in [2.75, 3.05) is 65.0 Å². The van der Waals surface area contributed by atoms with Gasteiger partial charge in [-0.3, -0.25) is 29.8 Å². The highest BCUT2D eigenvalue weighted by Gasteiger charge is 2.36. The van der Waals surface area contributed by atoms with Crippen molar-refractivity contribution in [1.82, 2.24) is 40.2 Å². The van der Waals surface area contributed by atoms with Crippen LogP contribution in [0.4, 0.5) is 28.6 Å². The fraction of sp³-hybridized carbons (Fsp3) is 0.556. The zero-order valence-electron chi connectivity index (χ0n) is 44.7. The molecule has 0 bridgehead atoms. The fourth-order valence-electron chi connectivity index (χ4n) is 9.98. The number of halogens is 2. The summed E-state index contributed by atoms with van der Waals surface area (Å²) in [5.41, 5.74) is 3.44. The summed E-state index contributed by atoms with van der Waals surface area (Å²) in [6, 6.07) is 12.4. The maximum Gasteiger partial charge on any atom is 0.321 e. The van der Waals surface area contributed by atoms with Gasteiger partial charge in [-0.1, -0.05) is 46.9 Å². The predicted octanol–water partition coefficient (Wildman–Crippen LogP) is 8.99. The van der Waals surface area contributed by atoms with Crippen LogP contribution in [0, 0.1) is 37.3 Å². The van der Waals surface area contributed by atoms with Crippen LogP contribution in [0.2, 0.25) is 0 Å². The molecule has 0 unspecified atom stereocenters. The van der Waals surface area contributed by atoms with Crippen molar-refractivity contribution in [2.45, 2.75) is 130 Å². The molecule has 4 N–H and O–H groups in total. The molecule has 6 rings (SSSR count). The second-order valence-electron chi connectivity index (χ2n) is 20.1. The topological polar surface area (TPSA) is 189 Å². The lowest BCUT2D eigenvalue weighted by atomic mass is 9.80. The first-order valence-corrected chi connectivity index (χ1v) is 27.1. The molecule has 2 heterocycles. The summed E-state index contributed by atoms with van der Waals surface area (Å²) in [6.07, 6.45) is 8.55. The molecule has 6 atom stereocenters. The number of carbonyl (C=O) groups is 6. The van der Waals surface area contributed by atoms with Gasteiger partial charge in [0.2, 0.25) is 11.8 Å². The predicted molar refractivity (Wildman–Crippen MR) is 289 cm³/mol. The lowest BCUT2D eigenvalue weighted by molar-refractivity contribution is -0.131. The number of rotatable bonds is 20. The van der Waals surface area contributed by atoms with Crippen LogP contribution >= 0.6 is 22.7 Å². The van der Waals surface area contributed by atoms with Gasteiger partial charge >= 0.3 is 12.1 Å². The van der Waals surface area contributed by atoms with Crippen molar-refractivity contribution in [3.05, 3.63) is 92.4 Å². The van der Waals surface area contributed by atoms with E-state index < -0.39 is 0 Å². The molecule has 0 radical (unpaired) electrons. The average molecular weight is 1060 g/mol. The number of urea groups is 2. The summed E-state index contributed by atoms with van der Waals surface area (Å²) in [6.45, 7) is 13.0. The molecule has 2 aliphatic carbocycles. The van der Waals surface area contributed by atoms with E-state index in [1.165, 1.54) is 60.8 Å². The summed E-state index contributed by atoms with van der Waals surface area (Å²) in [7, 11) is 7.79. The van der Waals surface area contributed by atoms with E-state index in [4.69, 9.17) is 0 Å². The summed E-state index contributed by atoms with van der Waals surface area (Å²) in [5, 5.41) is 12.6. The van der Waals surface area contributed by atoms with E-state index in [-0.39, 0.29) is 83.1 Å². The number of aromatic nitrogens is 2. The molecule has 0 saturated heterocycles. The van der Waals surface area contributed by atoms with Crippen molar-refractivity contribution in [1.29, 1.82) is 0 Å². The van der Waals surface area contributed by atoms with E-state index in [2.05, 4.69) is 55.1 Å². The van der Waals surface area contributed by atoms with Gasteiger partial charge < -0.3 is 30.2 Å². The monoisotopic (exact) mass is 1060 g/mol. The molecule has 2 saturated carbocycles. The minimum absolute atomic E-state index is 0.0135. The van der Waals surface area contributed by atoms with Crippen LogP contribution in [0.3, 0.4) is 0 Å². The Morgan fingerprint density at radius 3 is 1.23 bits per heavy atom. The number of anilines is 2. The Morgan fingerprint density at radius 1 is 0.568 bits per heavy atom. The third-order valence-electron chi connectivity index (χ3n) is 14.3. The molecular weight excluding hydrogens is 987 g/mol. The van der Waals surface area contributed by atoms with Gasteiger partial charge in [0.05, 0.1) is 21.1 Å². The normalized spacial score (nSPS) is 19.5. The summed E-state index contributed by atoms with van der Waals surface area (Å²) in [5.74, 6) is -0.119. The number of ketones is 2. The highest BCUT2D eigenvalue weighted by atomic mass is 32.1. The largest absolute Gasteiger partial charge is 0.343 e. The number of hydrogen-bond acceptors (Lipinski definition) is 12. The third-order valence-corrected chi connectivity index (χ3v) is 16.6. The first-order valence-electron chi connectivity index (χ1n) is 25.5. The first-order chi connectivity index (χ1) is 35.1. The molecule has 0 spiro atoms. The van der Waals surface area contributed by atoms with Crippen LogP contribution in [-0.2, 0) is 22.4 Å². The Morgan fingerprint density at radius 2 is 0.919 bits per heavy atom. The number of amides is 6. The number of benzene rings is 2. The van der Waals surface area contributed by atoms with E-state index in [1.54, 1.807) is 37.5 Å². The Hall–Kier alpha value is -5.70. The van der Waals surface area contributed by atoms with Gasteiger partial charge in [0.1, 0.15) is 11.6 Å². The van der Waals surface area contributed by atoms with Crippen LogP contribution in [0.25, 0.3) is 0 Å². The number of Topliss-reactive ketones (excluding diaryl/α,β-unsaturated/α-hetero) is 2. The zero-order chi connectivity index (χ0) is 54.2. The first kappa shape index (κ1) is 59.2. The van der Waals surface area contributed by atoms with Crippen LogP contribution in [0.5, 0.6) is 0 Å². The second-order valence-corrected chi connectivity index (χ2v) is 22.1. The van der Waals surface area contributed by atoms with Crippen LogP contribution in [0.15, 0.2) is 48.5 Å². The van der Waals surface area contributed by atoms with Crippen LogP contribution in [-0.4, -0.2) is 144 Å². The zero-order valence-corrected chi connectivity index (χ0v) is 46.3. The quantitative estimate of drug-likeness (QED) is 0.0622. The van der Waals surface area contributed by atoms with Crippen molar-refractivity contribution in [3.8, 4) is 0 Å². The van der Waals surface area contributed by atoms with Gasteiger partial charge in [0.15, 0.2) is 21.8 Å². The summed E-state index contributed by atoms with van der Waals surface area (Å²) in [4.78, 5) is 91.0. The molecule has 16 nitrogen and oxygen atoms in total. The molecule has 6 amide bonds. The molecular formula is C54H76F2N10O6S2. The minimum Gasteiger partial charge on any atom is -0.343 e. The fourth-order valence-corrected chi connectivity index (χ4v) is 11.7. The molecule has 4 aromatic rings. The molecule has 0 aliphatic heterocycles. The number of hydrogen-bond donors (Lipinski definition) is 4. The van der Waals surface area contributed by atoms with Gasteiger partial charge in [0.25, 0.3) is 0 Å². The van der Waals surface area contributed by atoms with Gasteiger partial charge in [0, 0.05) is 79.0 Å². The number of carbonyl (C=O) groups excluding carboxylic acids is 6. The SMILES string of the molecule is CC(=O)c1sc(NC(=O)N[C@@H]2C[C@@H](N(C)C(C)=O)CC[C@H]2CN(C)CCCc2ccc(F)cc2)nc1C.CC(=O)c1sc(NC(=O)N[C@@H]2C[C@H](N(C)C(C)=O)CC[C@H]2CN(C)CCCc2ccc(F)cc2)nc1C. The van der Waals surface area contributed by atoms with Gasteiger partial charge in [-0.05, 0) is 152 Å².